The molecule has 1 saturated heterocycles. The molecule has 0 radical (unpaired) electrons. The number of ether oxygens (including phenoxy) is 4. The van der Waals surface area contributed by atoms with Crippen molar-refractivity contribution in [1.29, 1.82) is 0 Å². The number of allylic oxidation sites excluding steroid dienone is 1. The molecule has 2 atom stereocenters. The lowest BCUT2D eigenvalue weighted by Gasteiger charge is -2.36. The molecule has 0 saturated carbocycles. The van der Waals surface area contributed by atoms with E-state index in [1.165, 1.54) is 0 Å². The van der Waals surface area contributed by atoms with Gasteiger partial charge in [-0.2, -0.15) is 0 Å². The molecular formula is C18H21BrO5. The fraction of sp³-hybridized carbons (Fsp3) is 0.500. The van der Waals surface area contributed by atoms with Crippen molar-refractivity contribution < 1.29 is 23.7 Å². The number of hydrogen-bond donors (Lipinski definition) is 0. The van der Waals surface area contributed by atoms with Crippen LogP contribution in [0, 0.1) is 5.92 Å². The number of benzene rings is 1. The van der Waals surface area contributed by atoms with E-state index in [9.17, 15) is 4.79 Å². The molecule has 1 heterocycles. The van der Waals surface area contributed by atoms with Gasteiger partial charge in [0.25, 0.3) is 0 Å². The number of rotatable bonds is 5. The summed E-state index contributed by atoms with van der Waals surface area (Å²) in [6.07, 6.45) is 1.89. The summed E-state index contributed by atoms with van der Waals surface area (Å²) in [5, 5.41) is 0. The first-order chi connectivity index (χ1) is 11.5. The molecule has 0 N–H and O–H groups in total. The molecule has 5 nitrogen and oxygen atoms in total. The highest BCUT2D eigenvalue weighted by molar-refractivity contribution is 9.12. The van der Waals surface area contributed by atoms with Crippen molar-refractivity contribution >= 4 is 21.7 Å². The zero-order valence-electron chi connectivity index (χ0n) is 14.1. The Labute approximate surface area is 150 Å². The molecule has 130 valence electrons. The zero-order chi connectivity index (χ0) is 17.3. The van der Waals surface area contributed by atoms with Crippen LogP contribution in [0.2, 0.25) is 0 Å². The highest BCUT2D eigenvalue weighted by Gasteiger charge is 2.51. The molecule has 0 aromatic heterocycles. The van der Waals surface area contributed by atoms with Gasteiger partial charge in [0.05, 0.1) is 14.2 Å². The monoisotopic (exact) mass is 396 g/mol. The molecule has 3 rings (SSSR count). The molecule has 0 spiro atoms. The molecule has 1 aliphatic carbocycles. The van der Waals surface area contributed by atoms with Gasteiger partial charge in [-0.25, -0.2) is 0 Å². The maximum atomic E-state index is 11.9. The second-order valence-corrected chi connectivity index (χ2v) is 6.95. The maximum Gasteiger partial charge on any atom is 0.190 e. The lowest BCUT2D eigenvalue weighted by atomic mass is 9.76. The standard InChI is InChI=1S/C18H21BrO5/c1-11(8-12-4-5-14(21-2)15(9-12)22-3)18-7-6-13(20)16(19)17(18)23-10-24-18/h4-5,9,11H,6-8,10H2,1-3H3/t11?,18-/m1/s1. The Hall–Kier alpha value is -1.53. The quantitative estimate of drug-likeness (QED) is 0.760. The zero-order valence-corrected chi connectivity index (χ0v) is 15.6. The van der Waals surface area contributed by atoms with Crippen molar-refractivity contribution in [1.82, 2.24) is 0 Å². The van der Waals surface area contributed by atoms with Gasteiger partial charge in [0, 0.05) is 6.42 Å². The third-order valence-electron chi connectivity index (χ3n) is 4.86. The summed E-state index contributed by atoms with van der Waals surface area (Å²) in [4.78, 5) is 11.9. The number of Topliss-reactive ketones (excluding diaryl/α,β-unsaturated/α-hetero) is 1. The minimum atomic E-state index is -0.542. The van der Waals surface area contributed by atoms with E-state index < -0.39 is 5.60 Å². The first-order valence-electron chi connectivity index (χ1n) is 7.93. The minimum absolute atomic E-state index is 0.0736. The van der Waals surface area contributed by atoms with Crippen LogP contribution in [0.25, 0.3) is 0 Å². The second-order valence-electron chi connectivity index (χ2n) is 6.16. The number of carbonyl (C=O) groups is 1. The van der Waals surface area contributed by atoms with E-state index in [4.69, 9.17) is 18.9 Å². The predicted molar refractivity (Wildman–Crippen MR) is 92.4 cm³/mol. The van der Waals surface area contributed by atoms with Crippen LogP contribution in [-0.2, 0) is 20.7 Å². The first-order valence-corrected chi connectivity index (χ1v) is 8.72. The van der Waals surface area contributed by atoms with Crippen LogP contribution in [0.5, 0.6) is 11.5 Å². The van der Waals surface area contributed by atoms with Gasteiger partial charge in [-0.05, 0) is 52.4 Å². The number of carbonyl (C=O) groups excluding carboxylic acids is 1. The van der Waals surface area contributed by atoms with E-state index in [1.54, 1.807) is 14.2 Å². The normalized spacial score (nSPS) is 24.4. The number of methoxy groups -OCH3 is 2. The first kappa shape index (κ1) is 17.3. The second kappa shape index (κ2) is 6.76. The Morgan fingerprint density at radius 2 is 2.04 bits per heavy atom. The summed E-state index contributed by atoms with van der Waals surface area (Å²) in [5.41, 5.74) is 0.581. The largest absolute Gasteiger partial charge is 0.493 e. The fourth-order valence-corrected chi connectivity index (χ4v) is 4.14. The third-order valence-corrected chi connectivity index (χ3v) is 5.66. The lowest BCUT2D eigenvalue weighted by molar-refractivity contribution is -0.118. The molecule has 1 aliphatic heterocycles. The molecule has 1 aromatic carbocycles. The molecular weight excluding hydrogens is 376 g/mol. The maximum absolute atomic E-state index is 11.9. The number of ketones is 1. The highest BCUT2D eigenvalue weighted by atomic mass is 79.9. The molecule has 0 amide bonds. The summed E-state index contributed by atoms with van der Waals surface area (Å²) >= 11 is 3.38. The lowest BCUT2D eigenvalue weighted by Crippen LogP contribution is -2.42. The Morgan fingerprint density at radius 3 is 2.75 bits per heavy atom. The van der Waals surface area contributed by atoms with Crippen LogP contribution in [0.1, 0.15) is 25.3 Å². The van der Waals surface area contributed by atoms with E-state index in [1.807, 2.05) is 18.2 Å². The summed E-state index contributed by atoms with van der Waals surface area (Å²) in [6.45, 7) is 2.31. The van der Waals surface area contributed by atoms with Gasteiger partial charge in [-0.1, -0.05) is 13.0 Å². The van der Waals surface area contributed by atoms with E-state index in [0.717, 1.165) is 12.0 Å². The van der Waals surface area contributed by atoms with Gasteiger partial charge in [0.1, 0.15) is 15.8 Å². The molecule has 1 aromatic rings. The average molecular weight is 397 g/mol. The number of fused-ring (bicyclic) bond motifs is 1. The molecule has 24 heavy (non-hydrogen) atoms. The van der Waals surface area contributed by atoms with Gasteiger partial charge >= 0.3 is 0 Å². The summed E-state index contributed by atoms with van der Waals surface area (Å²) in [7, 11) is 3.25. The Morgan fingerprint density at radius 1 is 1.29 bits per heavy atom. The van der Waals surface area contributed by atoms with E-state index in [2.05, 4.69) is 22.9 Å². The van der Waals surface area contributed by atoms with Crippen molar-refractivity contribution in [3.05, 3.63) is 34.0 Å². The van der Waals surface area contributed by atoms with Crippen LogP contribution in [-0.4, -0.2) is 32.4 Å². The van der Waals surface area contributed by atoms with Crippen LogP contribution >= 0.6 is 15.9 Å². The Bertz CT molecular complexity index is 684. The van der Waals surface area contributed by atoms with Gasteiger partial charge in [-0.15, -0.1) is 0 Å². The van der Waals surface area contributed by atoms with E-state index in [0.29, 0.717) is 34.6 Å². The van der Waals surface area contributed by atoms with Crippen molar-refractivity contribution in [2.75, 3.05) is 21.0 Å². The molecule has 6 heteroatoms. The van der Waals surface area contributed by atoms with Crippen molar-refractivity contribution in [2.45, 2.75) is 31.8 Å². The van der Waals surface area contributed by atoms with Gasteiger partial charge < -0.3 is 18.9 Å². The topological polar surface area (TPSA) is 54.0 Å². The van der Waals surface area contributed by atoms with E-state index in [-0.39, 0.29) is 18.5 Å². The van der Waals surface area contributed by atoms with Crippen molar-refractivity contribution in [3.63, 3.8) is 0 Å². The van der Waals surface area contributed by atoms with Crippen molar-refractivity contribution in [2.24, 2.45) is 5.92 Å². The van der Waals surface area contributed by atoms with Crippen LogP contribution in [0.15, 0.2) is 28.4 Å². The summed E-state index contributed by atoms with van der Waals surface area (Å²) in [6, 6.07) is 5.91. The highest BCUT2D eigenvalue weighted by Crippen LogP contribution is 2.47. The van der Waals surface area contributed by atoms with Crippen LogP contribution in [0.4, 0.5) is 0 Å². The molecule has 2 aliphatic rings. The SMILES string of the molecule is COc1ccc(CC(C)[C@]23CCC(=O)C(Br)=C2OCO3)cc1OC. The van der Waals surface area contributed by atoms with Crippen LogP contribution in [0.3, 0.4) is 0 Å². The third kappa shape index (κ3) is 2.82. The molecule has 1 fully saturated rings. The van der Waals surface area contributed by atoms with Crippen molar-refractivity contribution in [3.8, 4) is 11.5 Å². The number of hydrogen-bond acceptors (Lipinski definition) is 5. The summed E-state index contributed by atoms with van der Waals surface area (Å²) < 4.78 is 22.8. The summed E-state index contributed by atoms with van der Waals surface area (Å²) in [5.74, 6) is 2.28. The Kier molecular flexibility index (Phi) is 4.88. The average Bonchev–Trinajstić information content (AvgIpc) is 3.04. The minimum Gasteiger partial charge on any atom is -0.493 e. The molecule has 1 unspecified atom stereocenters. The fourth-order valence-electron chi connectivity index (χ4n) is 3.49. The van der Waals surface area contributed by atoms with Gasteiger partial charge in [0.15, 0.2) is 24.1 Å². The van der Waals surface area contributed by atoms with Crippen LogP contribution < -0.4 is 9.47 Å². The van der Waals surface area contributed by atoms with Gasteiger partial charge in [0.2, 0.25) is 0 Å². The predicted octanol–water partition coefficient (Wildman–Crippen LogP) is 3.59. The van der Waals surface area contributed by atoms with Gasteiger partial charge in [-0.3, -0.25) is 4.79 Å². The van der Waals surface area contributed by atoms with E-state index >= 15 is 0 Å². The Balaban J connectivity index is 1.87. The molecule has 0 bridgehead atoms. The smallest absolute Gasteiger partial charge is 0.190 e. The number of halogens is 1.